The summed E-state index contributed by atoms with van der Waals surface area (Å²) < 4.78 is 96.0. The number of hydrogen-bond acceptors (Lipinski definition) is 5. The minimum Gasteiger partial charge on any atom is -0.421 e. The lowest BCUT2D eigenvalue weighted by molar-refractivity contribution is -0.406. The molecule has 0 radical (unpaired) electrons. The van der Waals surface area contributed by atoms with E-state index in [2.05, 4.69) is 25.4 Å². The molecule has 1 aliphatic rings. The SMILES string of the molecule is O=C(Nc1c(Br)cc2c(c1[N+](=O)[O-])OC(F)(F)C(F)(F)O2)C(F)(F)F. The molecule has 0 spiro atoms. The predicted molar refractivity (Wildman–Crippen MR) is 66.6 cm³/mol. The van der Waals surface area contributed by atoms with Crippen molar-refractivity contribution >= 4 is 33.2 Å². The Balaban J connectivity index is 2.66. The summed E-state index contributed by atoms with van der Waals surface area (Å²) in [6.07, 6.45) is -16.0. The number of benzene rings is 1. The predicted octanol–water partition coefficient (Wildman–Crippen LogP) is 3.81. The molecule has 0 bridgehead atoms. The molecule has 0 unspecified atom stereocenters. The van der Waals surface area contributed by atoms with Crippen LogP contribution in [0.15, 0.2) is 10.5 Å². The highest BCUT2D eigenvalue weighted by molar-refractivity contribution is 9.10. The van der Waals surface area contributed by atoms with Gasteiger partial charge in [0.1, 0.15) is 5.69 Å². The van der Waals surface area contributed by atoms with Gasteiger partial charge in [-0.25, -0.2) is 0 Å². The fourth-order valence-electron chi connectivity index (χ4n) is 1.63. The van der Waals surface area contributed by atoms with Crippen LogP contribution in [-0.4, -0.2) is 29.2 Å². The first kappa shape index (κ1) is 19.0. The van der Waals surface area contributed by atoms with Crippen LogP contribution in [0.2, 0.25) is 0 Å². The van der Waals surface area contributed by atoms with Gasteiger partial charge < -0.3 is 14.8 Å². The van der Waals surface area contributed by atoms with Crippen LogP contribution >= 0.6 is 15.9 Å². The summed E-state index contributed by atoms with van der Waals surface area (Å²) in [5.74, 6) is -5.51. The van der Waals surface area contributed by atoms with E-state index in [9.17, 15) is 45.6 Å². The van der Waals surface area contributed by atoms with Gasteiger partial charge >= 0.3 is 30.0 Å². The van der Waals surface area contributed by atoms with Gasteiger partial charge in [0.2, 0.25) is 5.75 Å². The maximum atomic E-state index is 13.2. The van der Waals surface area contributed by atoms with Crippen LogP contribution in [0.5, 0.6) is 11.5 Å². The van der Waals surface area contributed by atoms with Crippen molar-refractivity contribution < 1.29 is 49.9 Å². The largest absolute Gasteiger partial charge is 0.508 e. The van der Waals surface area contributed by atoms with E-state index < -0.39 is 56.6 Å². The lowest BCUT2D eigenvalue weighted by atomic mass is 10.2. The van der Waals surface area contributed by atoms with Crippen molar-refractivity contribution in [1.29, 1.82) is 0 Å². The fraction of sp³-hybridized carbons (Fsp3) is 0.300. The standard InChI is InChI=1S/C10H2BrF7N2O5/c11-2-1-3-6(25-10(17,18)9(15,16)24-3)5(20(22)23)4(2)19-7(21)8(12,13)14/h1H,(H,19,21). The Hall–Kier alpha value is -2.32. The third-order valence-corrected chi connectivity index (χ3v) is 3.28. The molecule has 2 rings (SSSR count). The van der Waals surface area contributed by atoms with Crippen LogP contribution in [0.4, 0.5) is 42.1 Å². The van der Waals surface area contributed by atoms with Crippen molar-refractivity contribution in [2.45, 2.75) is 18.4 Å². The highest BCUT2D eigenvalue weighted by Gasteiger charge is 2.67. The number of rotatable bonds is 2. The Kier molecular flexibility index (Phi) is 4.26. The Morgan fingerprint density at radius 1 is 1.20 bits per heavy atom. The average Bonchev–Trinajstić information content (AvgIpc) is 2.40. The highest BCUT2D eigenvalue weighted by Crippen LogP contribution is 2.55. The summed E-state index contributed by atoms with van der Waals surface area (Å²) >= 11 is 2.50. The molecule has 7 nitrogen and oxygen atoms in total. The van der Waals surface area contributed by atoms with Crippen molar-refractivity contribution in [2.24, 2.45) is 0 Å². The topological polar surface area (TPSA) is 90.7 Å². The van der Waals surface area contributed by atoms with Crippen LogP contribution < -0.4 is 14.8 Å². The Morgan fingerprint density at radius 2 is 1.72 bits per heavy atom. The number of alkyl halides is 7. The number of amides is 1. The number of nitrogens with one attached hydrogen (secondary N) is 1. The second kappa shape index (κ2) is 5.60. The molecule has 0 saturated heterocycles. The van der Waals surface area contributed by atoms with Gasteiger partial charge in [0.25, 0.3) is 0 Å². The Morgan fingerprint density at radius 3 is 2.20 bits per heavy atom. The van der Waals surface area contributed by atoms with Gasteiger partial charge in [-0.2, -0.15) is 30.7 Å². The zero-order chi connectivity index (χ0) is 19.4. The average molecular weight is 443 g/mol. The number of anilines is 1. The van der Waals surface area contributed by atoms with Crippen molar-refractivity contribution in [3.8, 4) is 11.5 Å². The fourth-order valence-corrected chi connectivity index (χ4v) is 2.13. The molecule has 1 aromatic carbocycles. The zero-order valence-electron chi connectivity index (χ0n) is 11.1. The molecule has 0 atom stereocenters. The van der Waals surface area contributed by atoms with Crippen LogP contribution in [0, 0.1) is 10.1 Å². The molecule has 0 aromatic heterocycles. The van der Waals surface area contributed by atoms with Crippen molar-refractivity contribution in [3.63, 3.8) is 0 Å². The summed E-state index contributed by atoms with van der Waals surface area (Å²) in [5.41, 5.74) is -2.88. The number of carbonyl (C=O) groups excluding carboxylic acids is 1. The minimum atomic E-state index is -5.47. The highest BCUT2D eigenvalue weighted by atomic mass is 79.9. The van der Waals surface area contributed by atoms with Crippen LogP contribution in [0.1, 0.15) is 0 Å². The van der Waals surface area contributed by atoms with E-state index in [0.29, 0.717) is 6.07 Å². The lowest BCUT2D eigenvalue weighted by Gasteiger charge is -2.31. The van der Waals surface area contributed by atoms with Gasteiger partial charge in [-0.3, -0.25) is 14.9 Å². The first-order chi connectivity index (χ1) is 11.2. The number of halogens is 8. The van der Waals surface area contributed by atoms with E-state index in [1.54, 1.807) is 0 Å². The van der Waals surface area contributed by atoms with E-state index in [1.807, 2.05) is 0 Å². The second-order valence-electron chi connectivity index (χ2n) is 4.36. The van der Waals surface area contributed by atoms with Gasteiger partial charge in [0.05, 0.1) is 9.40 Å². The molecule has 25 heavy (non-hydrogen) atoms. The van der Waals surface area contributed by atoms with Gasteiger partial charge in [0.15, 0.2) is 5.75 Å². The second-order valence-corrected chi connectivity index (χ2v) is 5.21. The number of nitrogens with zero attached hydrogens (tertiary/aromatic N) is 1. The maximum Gasteiger partial charge on any atom is 0.508 e. The van der Waals surface area contributed by atoms with Crippen molar-refractivity contribution in [1.82, 2.24) is 0 Å². The summed E-state index contributed by atoms with van der Waals surface area (Å²) in [7, 11) is 0. The van der Waals surface area contributed by atoms with E-state index >= 15 is 0 Å². The van der Waals surface area contributed by atoms with E-state index in [4.69, 9.17) is 0 Å². The molecule has 15 heteroatoms. The molecule has 1 aliphatic heterocycles. The zero-order valence-corrected chi connectivity index (χ0v) is 12.7. The third kappa shape index (κ3) is 3.27. The van der Waals surface area contributed by atoms with Gasteiger partial charge in [-0.1, -0.05) is 0 Å². The third-order valence-electron chi connectivity index (χ3n) is 2.66. The summed E-state index contributed by atoms with van der Waals surface area (Å²) in [5, 5.41) is 12.1. The van der Waals surface area contributed by atoms with Crippen molar-refractivity contribution in [2.75, 3.05) is 5.32 Å². The van der Waals surface area contributed by atoms with Gasteiger partial charge in [-0.15, -0.1) is 0 Å². The maximum absolute atomic E-state index is 13.2. The molecule has 1 amide bonds. The number of nitro benzene ring substituents is 1. The minimum absolute atomic E-state index is 0.400. The van der Waals surface area contributed by atoms with E-state index in [0.717, 1.165) is 5.32 Å². The number of ether oxygens (including phenoxy) is 2. The number of fused-ring (bicyclic) bond motifs is 1. The summed E-state index contributed by atoms with van der Waals surface area (Å²) in [4.78, 5) is 20.5. The summed E-state index contributed by atoms with van der Waals surface area (Å²) in [6, 6.07) is 0.400. The molecule has 0 fully saturated rings. The number of nitro groups is 1. The molecule has 1 aromatic rings. The quantitative estimate of drug-likeness (QED) is 0.427. The monoisotopic (exact) mass is 442 g/mol. The Bertz CT molecular complexity index is 767. The molecule has 1 N–H and O–H groups in total. The lowest BCUT2D eigenvalue weighted by Crippen LogP contribution is -2.52. The molecule has 0 saturated carbocycles. The van der Waals surface area contributed by atoms with Crippen LogP contribution in [0.3, 0.4) is 0 Å². The smallest absolute Gasteiger partial charge is 0.421 e. The van der Waals surface area contributed by atoms with Gasteiger partial charge in [0, 0.05) is 6.07 Å². The van der Waals surface area contributed by atoms with Crippen LogP contribution in [0.25, 0.3) is 0 Å². The van der Waals surface area contributed by atoms with Gasteiger partial charge in [-0.05, 0) is 15.9 Å². The van der Waals surface area contributed by atoms with E-state index in [1.165, 1.54) is 0 Å². The van der Waals surface area contributed by atoms with E-state index in [-0.39, 0.29) is 0 Å². The Labute approximate surface area is 140 Å². The van der Waals surface area contributed by atoms with Crippen molar-refractivity contribution in [3.05, 3.63) is 20.7 Å². The first-order valence-electron chi connectivity index (χ1n) is 5.70. The number of carbonyl (C=O) groups is 1. The molecule has 0 aliphatic carbocycles. The molecule has 1 heterocycles. The summed E-state index contributed by atoms with van der Waals surface area (Å²) in [6.45, 7) is 0. The molecular weight excluding hydrogens is 441 g/mol. The normalized spacial score (nSPS) is 17.8. The number of hydrogen-bond donors (Lipinski definition) is 1. The molecular formula is C10H2BrF7N2O5. The van der Waals surface area contributed by atoms with Crippen LogP contribution in [-0.2, 0) is 4.79 Å². The first-order valence-corrected chi connectivity index (χ1v) is 6.49. The molecule has 138 valence electrons.